The van der Waals surface area contributed by atoms with Gasteiger partial charge in [0.15, 0.2) is 0 Å². The summed E-state index contributed by atoms with van der Waals surface area (Å²) in [6.07, 6.45) is 2.41. The van der Waals surface area contributed by atoms with Gasteiger partial charge in [0.25, 0.3) is 0 Å². The zero-order valence-electron chi connectivity index (χ0n) is 12.4. The monoisotopic (exact) mass is 362 g/mol. The van der Waals surface area contributed by atoms with Gasteiger partial charge in [-0.05, 0) is 42.0 Å². The molecule has 3 unspecified atom stereocenters. The average Bonchev–Trinajstić information content (AvgIpc) is 2.97. The van der Waals surface area contributed by atoms with E-state index in [4.69, 9.17) is 4.74 Å². The summed E-state index contributed by atoms with van der Waals surface area (Å²) < 4.78 is 19.4. The van der Waals surface area contributed by atoms with Gasteiger partial charge < -0.3 is 4.74 Å². The lowest BCUT2D eigenvalue weighted by Gasteiger charge is -2.25. The topological polar surface area (TPSA) is 9.23 Å². The fourth-order valence-electron chi connectivity index (χ4n) is 3.35. The zero-order valence-corrected chi connectivity index (χ0v) is 14.0. The normalized spacial score (nSPS) is 24.5. The molecule has 2 aromatic rings. The third kappa shape index (κ3) is 3.58. The van der Waals surface area contributed by atoms with E-state index in [1.54, 1.807) is 12.1 Å². The van der Waals surface area contributed by atoms with Crippen LogP contribution in [-0.4, -0.2) is 11.4 Å². The van der Waals surface area contributed by atoms with Crippen LogP contribution in [0, 0.1) is 11.7 Å². The third-order valence-corrected chi connectivity index (χ3v) is 5.32. The second-order valence-electron chi connectivity index (χ2n) is 5.90. The van der Waals surface area contributed by atoms with Crippen LogP contribution in [0.4, 0.5) is 4.39 Å². The lowest BCUT2D eigenvalue weighted by molar-refractivity contribution is 0.0309. The minimum Gasteiger partial charge on any atom is -0.373 e. The van der Waals surface area contributed by atoms with Gasteiger partial charge in [0.1, 0.15) is 5.82 Å². The number of benzene rings is 2. The van der Waals surface area contributed by atoms with E-state index < -0.39 is 0 Å². The molecule has 1 aliphatic rings. The number of ether oxygens (including phenoxy) is 1. The van der Waals surface area contributed by atoms with Crippen LogP contribution in [0.3, 0.4) is 0 Å². The molecule has 0 spiro atoms. The molecule has 0 amide bonds. The van der Waals surface area contributed by atoms with E-state index in [2.05, 4.69) is 28.1 Å². The molecule has 3 atom stereocenters. The molecule has 0 aromatic heterocycles. The van der Waals surface area contributed by atoms with E-state index >= 15 is 0 Å². The van der Waals surface area contributed by atoms with Gasteiger partial charge in [-0.2, -0.15) is 0 Å². The maximum atomic E-state index is 13.2. The van der Waals surface area contributed by atoms with Crippen molar-refractivity contribution < 1.29 is 9.13 Å². The Bertz CT molecular complexity index is 584. The highest BCUT2D eigenvalue weighted by Gasteiger charge is 2.37. The van der Waals surface area contributed by atoms with Crippen molar-refractivity contribution in [3.8, 4) is 0 Å². The fraction of sp³-hybridized carbons (Fsp3) is 0.368. The zero-order chi connectivity index (χ0) is 15.4. The Hall–Kier alpha value is -1.19. The van der Waals surface area contributed by atoms with E-state index in [1.165, 1.54) is 11.1 Å². The van der Waals surface area contributed by atoms with Crippen LogP contribution in [0.25, 0.3) is 0 Å². The maximum Gasteiger partial charge on any atom is 0.123 e. The second kappa shape index (κ2) is 7.38. The van der Waals surface area contributed by atoms with Crippen LogP contribution in [0.1, 0.15) is 29.9 Å². The molecule has 2 aromatic carbocycles. The van der Waals surface area contributed by atoms with Gasteiger partial charge in [0.05, 0.1) is 12.7 Å². The van der Waals surface area contributed by atoms with E-state index in [1.807, 2.05) is 30.3 Å². The molecular weight excluding hydrogens is 343 g/mol. The SMILES string of the molecule is Fc1ccc(C2C(CBr)CCC2OCc2ccccc2)cc1. The highest BCUT2D eigenvalue weighted by Crippen LogP contribution is 2.42. The van der Waals surface area contributed by atoms with E-state index in [-0.39, 0.29) is 11.9 Å². The summed E-state index contributed by atoms with van der Waals surface area (Å²) in [6, 6.07) is 17.2. The molecule has 0 heterocycles. The summed E-state index contributed by atoms with van der Waals surface area (Å²) >= 11 is 3.62. The first kappa shape index (κ1) is 15.7. The van der Waals surface area contributed by atoms with Gasteiger partial charge in [-0.25, -0.2) is 4.39 Å². The van der Waals surface area contributed by atoms with Gasteiger partial charge in [-0.3, -0.25) is 0 Å². The summed E-state index contributed by atoms with van der Waals surface area (Å²) in [7, 11) is 0. The van der Waals surface area contributed by atoms with Crippen molar-refractivity contribution in [2.75, 3.05) is 5.33 Å². The maximum absolute atomic E-state index is 13.2. The van der Waals surface area contributed by atoms with Crippen LogP contribution in [-0.2, 0) is 11.3 Å². The molecule has 1 nitrogen and oxygen atoms in total. The minimum absolute atomic E-state index is 0.182. The van der Waals surface area contributed by atoms with Gasteiger partial charge >= 0.3 is 0 Å². The molecule has 3 rings (SSSR count). The lowest BCUT2D eigenvalue weighted by atomic mass is 9.89. The Morgan fingerprint density at radius 1 is 1.00 bits per heavy atom. The summed E-state index contributed by atoms with van der Waals surface area (Å²) in [5.41, 5.74) is 2.38. The molecule has 1 fully saturated rings. The van der Waals surface area contributed by atoms with Crippen molar-refractivity contribution in [1.82, 2.24) is 0 Å². The predicted molar refractivity (Wildman–Crippen MR) is 90.7 cm³/mol. The van der Waals surface area contributed by atoms with Crippen molar-refractivity contribution in [2.24, 2.45) is 5.92 Å². The average molecular weight is 363 g/mol. The molecule has 1 aliphatic carbocycles. The van der Waals surface area contributed by atoms with Crippen molar-refractivity contribution in [3.63, 3.8) is 0 Å². The van der Waals surface area contributed by atoms with Gasteiger partial charge in [-0.15, -0.1) is 0 Å². The predicted octanol–water partition coefficient (Wildman–Crippen LogP) is 5.30. The summed E-state index contributed by atoms with van der Waals surface area (Å²) in [5, 5.41) is 0.959. The molecule has 0 N–H and O–H groups in total. The van der Waals surface area contributed by atoms with Crippen LogP contribution in [0.5, 0.6) is 0 Å². The van der Waals surface area contributed by atoms with Crippen molar-refractivity contribution in [1.29, 1.82) is 0 Å². The Kier molecular flexibility index (Phi) is 5.27. The Morgan fingerprint density at radius 2 is 1.73 bits per heavy atom. The molecule has 0 radical (unpaired) electrons. The highest BCUT2D eigenvalue weighted by molar-refractivity contribution is 9.09. The lowest BCUT2D eigenvalue weighted by Crippen LogP contribution is -2.21. The number of rotatable bonds is 5. The molecular formula is C19H20BrFO. The van der Waals surface area contributed by atoms with Crippen LogP contribution < -0.4 is 0 Å². The number of hydrogen-bond acceptors (Lipinski definition) is 1. The van der Waals surface area contributed by atoms with Crippen molar-refractivity contribution in [2.45, 2.75) is 31.5 Å². The van der Waals surface area contributed by atoms with Gasteiger partial charge in [0, 0.05) is 11.2 Å². The molecule has 0 bridgehead atoms. The number of alkyl halides is 1. The Morgan fingerprint density at radius 3 is 2.41 bits per heavy atom. The largest absolute Gasteiger partial charge is 0.373 e. The molecule has 0 aliphatic heterocycles. The summed E-state index contributed by atoms with van der Waals surface area (Å²) in [6.45, 7) is 0.637. The first-order valence-electron chi connectivity index (χ1n) is 7.75. The summed E-state index contributed by atoms with van der Waals surface area (Å²) in [4.78, 5) is 0. The Labute approximate surface area is 139 Å². The number of halogens is 2. The van der Waals surface area contributed by atoms with Crippen molar-refractivity contribution in [3.05, 3.63) is 71.5 Å². The first-order chi connectivity index (χ1) is 10.8. The second-order valence-corrected chi connectivity index (χ2v) is 6.55. The van der Waals surface area contributed by atoms with Crippen LogP contribution in [0.2, 0.25) is 0 Å². The highest BCUT2D eigenvalue weighted by atomic mass is 79.9. The molecule has 0 saturated heterocycles. The minimum atomic E-state index is -0.182. The Balaban J connectivity index is 1.73. The van der Waals surface area contributed by atoms with E-state index in [0.717, 1.165) is 18.2 Å². The van der Waals surface area contributed by atoms with E-state index in [0.29, 0.717) is 18.4 Å². The van der Waals surface area contributed by atoms with Crippen LogP contribution >= 0.6 is 15.9 Å². The molecule has 3 heteroatoms. The van der Waals surface area contributed by atoms with Gasteiger partial charge in [0.2, 0.25) is 0 Å². The third-order valence-electron chi connectivity index (χ3n) is 4.49. The summed E-state index contributed by atoms with van der Waals surface area (Å²) in [5.74, 6) is 0.703. The molecule has 22 heavy (non-hydrogen) atoms. The smallest absolute Gasteiger partial charge is 0.123 e. The van der Waals surface area contributed by atoms with Crippen LogP contribution in [0.15, 0.2) is 54.6 Å². The first-order valence-corrected chi connectivity index (χ1v) is 8.87. The quantitative estimate of drug-likeness (QED) is 0.655. The fourth-order valence-corrected chi connectivity index (χ4v) is 4.08. The molecule has 116 valence electrons. The molecule has 1 saturated carbocycles. The van der Waals surface area contributed by atoms with Crippen molar-refractivity contribution >= 4 is 15.9 Å². The van der Waals surface area contributed by atoms with Gasteiger partial charge in [-0.1, -0.05) is 58.4 Å². The van der Waals surface area contributed by atoms with E-state index in [9.17, 15) is 4.39 Å². The standard InChI is InChI=1S/C19H20BrFO/c20-12-16-8-11-18(22-13-14-4-2-1-3-5-14)19(16)15-6-9-17(21)10-7-15/h1-7,9-10,16,18-19H,8,11-13H2. The number of hydrogen-bond donors (Lipinski definition) is 0.